The molecule has 0 radical (unpaired) electrons. The average molecular weight is 162 g/mol. The lowest BCUT2D eigenvalue weighted by Gasteiger charge is -1.91. The van der Waals surface area contributed by atoms with Gasteiger partial charge in [-0.2, -0.15) is 4.98 Å². The highest BCUT2D eigenvalue weighted by Crippen LogP contribution is 1.93. The van der Waals surface area contributed by atoms with E-state index in [9.17, 15) is 4.79 Å². The minimum atomic E-state index is -0.607. The Labute approximate surface area is 60.7 Å². The van der Waals surface area contributed by atoms with E-state index in [0.29, 0.717) is 0 Å². The van der Waals surface area contributed by atoms with Gasteiger partial charge in [-0.15, -0.1) is 0 Å². The van der Waals surface area contributed by atoms with Gasteiger partial charge >= 0.3 is 5.69 Å². The minimum Gasteiger partial charge on any atom is -0.388 e. The summed E-state index contributed by atoms with van der Waals surface area (Å²) in [5.41, 5.74) is -0.607. The van der Waals surface area contributed by atoms with Crippen molar-refractivity contribution in [3.05, 3.63) is 21.6 Å². The Morgan fingerprint density at radius 3 is 2.80 bits per heavy atom. The molecule has 0 aliphatic rings. The molecule has 0 unspecified atom stereocenters. The molecule has 1 aromatic heterocycles. The van der Waals surface area contributed by atoms with Gasteiger partial charge in [0.2, 0.25) is 5.28 Å². The quantitative estimate of drug-likeness (QED) is 0.572. The fourth-order valence-corrected chi connectivity index (χ4v) is 0.653. The number of aliphatic hydroxyl groups excluding tert-OH is 1. The molecular formula is C4H4ClN3O2. The molecule has 6 heteroatoms. The monoisotopic (exact) mass is 161 g/mol. The summed E-state index contributed by atoms with van der Waals surface area (Å²) < 4.78 is 0. The van der Waals surface area contributed by atoms with E-state index in [2.05, 4.69) is 15.0 Å². The predicted molar refractivity (Wildman–Crippen MR) is 33.6 cm³/mol. The molecule has 0 aliphatic heterocycles. The molecule has 0 aromatic carbocycles. The summed E-state index contributed by atoms with van der Waals surface area (Å²) >= 11 is 5.28. The van der Waals surface area contributed by atoms with E-state index in [-0.39, 0.29) is 17.7 Å². The Hall–Kier alpha value is -0.940. The smallest absolute Gasteiger partial charge is 0.349 e. The maximum Gasteiger partial charge on any atom is 0.349 e. The van der Waals surface area contributed by atoms with Crippen molar-refractivity contribution < 1.29 is 5.11 Å². The van der Waals surface area contributed by atoms with Gasteiger partial charge in [-0.1, -0.05) is 0 Å². The van der Waals surface area contributed by atoms with Crippen molar-refractivity contribution >= 4 is 11.6 Å². The van der Waals surface area contributed by atoms with E-state index < -0.39 is 5.69 Å². The zero-order valence-corrected chi connectivity index (χ0v) is 5.59. The Morgan fingerprint density at radius 1 is 1.60 bits per heavy atom. The van der Waals surface area contributed by atoms with Crippen molar-refractivity contribution in [1.29, 1.82) is 0 Å². The highest BCUT2D eigenvalue weighted by molar-refractivity contribution is 6.28. The molecule has 54 valence electrons. The van der Waals surface area contributed by atoms with E-state index in [4.69, 9.17) is 16.7 Å². The van der Waals surface area contributed by atoms with Crippen LogP contribution in [0.15, 0.2) is 4.79 Å². The lowest BCUT2D eigenvalue weighted by atomic mass is 10.7. The SMILES string of the molecule is O=c1nc(Cl)nc(CO)[nH]1. The minimum absolute atomic E-state index is 0.116. The van der Waals surface area contributed by atoms with E-state index in [0.717, 1.165) is 0 Å². The number of rotatable bonds is 1. The molecule has 0 aliphatic carbocycles. The standard InChI is InChI=1S/C4H4ClN3O2/c5-3-6-2(1-9)7-4(10)8-3/h9H,1H2,(H,6,7,8,10). The van der Waals surface area contributed by atoms with Gasteiger partial charge in [0.25, 0.3) is 0 Å². The molecular weight excluding hydrogens is 158 g/mol. The average Bonchev–Trinajstić information content (AvgIpc) is 1.85. The van der Waals surface area contributed by atoms with Gasteiger partial charge in [0.05, 0.1) is 0 Å². The number of aromatic nitrogens is 3. The van der Waals surface area contributed by atoms with Crippen molar-refractivity contribution in [3.63, 3.8) is 0 Å². The fraction of sp³-hybridized carbons (Fsp3) is 0.250. The number of aromatic amines is 1. The maximum absolute atomic E-state index is 10.5. The molecule has 2 N–H and O–H groups in total. The first kappa shape index (κ1) is 7.17. The van der Waals surface area contributed by atoms with Crippen LogP contribution < -0.4 is 5.69 Å². The molecule has 0 atom stereocenters. The molecule has 1 aromatic rings. The van der Waals surface area contributed by atoms with Gasteiger partial charge in [-0.25, -0.2) is 9.78 Å². The predicted octanol–water partition coefficient (Wildman–Crippen LogP) is -0.689. The molecule has 0 amide bonds. The van der Waals surface area contributed by atoms with Crippen LogP contribution in [0.2, 0.25) is 5.28 Å². The van der Waals surface area contributed by atoms with Crippen molar-refractivity contribution in [2.75, 3.05) is 0 Å². The summed E-state index contributed by atoms with van der Waals surface area (Å²) in [5, 5.41) is 8.31. The second-order valence-electron chi connectivity index (χ2n) is 1.53. The van der Waals surface area contributed by atoms with E-state index >= 15 is 0 Å². The number of hydrogen-bond donors (Lipinski definition) is 2. The van der Waals surface area contributed by atoms with Gasteiger partial charge in [-0.05, 0) is 11.6 Å². The maximum atomic E-state index is 10.5. The highest BCUT2D eigenvalue weighted by Gasteiger charge is 1.96. The molecule has 0 spiro atoms. The van der Waals surface area contributed by atoms with E-state index in [1.165, 1.54) is 0 Å². The highest BCUT2D eigenvalue weighted by atomic mass is 35.5. The summed E-state index contributed by atoms with van der Waals surface area (Å²) in [6.45, 7) is -0.350. The molecule has 1 rings (SSSR count). The molecule has 10 heavy (non-hydrogen) atoms. The number of hydrogen-bond acceptors (Lipinski definition) is 4. The summed E-state index contributed by atoms with van der Waals surface area (Å²) in [6, 6.07) is 0. The van der Waals surface area contributed by atoms with Crippen molar-refractivity contribution in [2.24, 2.45) is 0 Å². The normalized spacial score (nSPS) is 9.80. The Balaban J connectivity index is 3.19. The third-order valence-electron chi connectivity index (χ3n) is 0.822. The lowest BCUT2D eigenvalue weighted by molar-refractivity contribution is 0.270. The fourth-order valence-electron chi connectivity index (χ4n) is 0.474. The molecule has 5 nitrogen and oxygen atoms in total. The summed E-state index contributed by atoms with van der Waals surface area (Å²) in [5.74, 6) is 0.116. The third kappa shape index (κ3) is 1.52. The lowest BCUT2D eigenvalue weighted by Crippen LogP contribution is -2.14. The van der Waals surface area contributed by atoms with Crippen molar-refractivity contribution in [3.8, 4) is 0 Å². The number of nitrogens with zero attached hydrogens (tertiary/aromatic N) is 2. The third-order valence-corrected chi connectivity index (χ3v) is 0.991. The van der Waals surface area contributed by atoms with Crippen LogP contribution in [0.1, 0.15) is 5.82 Å². The van der Waals surface area contributed by atoms with Crippen molar-refractivity contribution in [1.82, 2.24) is 15.0 Å². The number of nitrogens with one attached hydrogen (secondary N) is 1. The van der Waals surface area contributed by atoms with Gasteiger partial charge in [-0.3, -0.25) is 4.98 Å². The van der Waals surface area contributed by atoms with Gasteiger partial charge in [0.1, 0.15) is 12.4 Å². The van der Waals surface area contributed by atoms with E-state index in [1.54, 1.807) is 0 Å². The summed E-state index contributed by atoms with van der Waals surface area (Å²) in [7, 11) is 0. The van der Waals surface area contributed by atoms with E-state index in [1.807, 2.05) is 0 Å². The van der Waals surface area contributed by atoms with Gasteiger partial charge in [0, 0.05) is 0 Å². The summed E-state index contributed by atoms with van der Waals surface area (Å²) in [6.07, 6.45) is 0. The van der Waals surface area contributed by atoms with Crippen LogP contribution in [0.3, 0.4) is 0 Å². The van der Waals surface area contributed by atoms with Crippen LogP contribution >= 0.6 is 11.6 Å². The number of H-pyrrole nitrogens is 1. The van der Waals surface area contributed by atoms with Crippen LogP contribution in [0.25, 0.3) is 0 Å². The number of aliphatic hydroxyl groups is 1. The zero-order chi connectivity index (χ0) is 7.56. The molecule has 0 bridgehead atoms. The first-order chi connectivity index (χ1) is 4.72. The van der Waals surface area contributed by atoms with Crippen molar-refractivity contribution in [2.45, 2.75) is 6.61 Å². The van der Waals surface area contributed by atoms with Crippen LogP contribution in [0, 0.1) is 0 Å². The first-order valence-corrected chi connectivity index (χ1v) is 2.84. The largest absolute Gasteiger partial charge is 0.388 e. The zero-order valence-electron chi connectivity index (χ0n) is 4.83. The Morgan fingerprint density at radius 2 is 2.30 bits per heavy atom. The molecule has 0 saturated carbocycles. The second-order valence-corrected chi connectivity index (χ2v) is 1.87. The second kappa shape index (κ2) is 2.76. The van der Waals surface area contributed by atoms with Crippen LogP contribution in [-0.2, 0) is 6.61 Å². The molecule has 0 fully saturated rings. The number of halogens is 1. The molecule has 0 saturated heterocycles. The van der Waals surface area contributed by atoms with Crippen LogP contribution in [0.4, 0.5) is 0 Å². The van der Waals surface area contributed by atoms with Gasteiger partial charge in [0.15, 0.2) is 0 Å². The van der Waals surface area contributed by atoms with Gasteiger partial charge < -0.3 is 5.11 Å². The Kier molecular flexibility index (Phi) is 1.98. The van der Waals surface area contributed by atoms with Crippen LogP contribution in [-0.4, -0.2) is 20.1 Å². The van der Waals surface area contributed by atoms with Crippen LogP contribution in [0.5, 0.6) is 0 Å². The first-order valence-electron chi connectivity index (χ1n) is 2.46. The topological polar surface area (TPSA) is 78.9 Å². The summed E-state index contributed by atoms with van der Waals surface area (Å²) in [4.78, 5) is 19.4. The Bertz CT molecular complexity index is 284. The molecule has 1 heterocycles.